The molecule has 0 aliphatic heterocycles. The van der Waals surface area contributed by atoms with Gasteiger partial charge in [0.05, 0.1) is 0 Å². The molecule has 1 aromatic carbocycles. The molecule has 0 aliphatic rings. The van der Waals surface area contributed by atoms with Gasteiger partial charge in [-0.25, -0.2) is 0 Å². The summed E-state index contributed by atoms with van der Waals surface area (Å²) in [6.45, 7) is 3.59. The Labute approximate surface area is 147 Å². The van der Waals surface area contributed by atoms with E-state index in [4.69, 9.17) is 9.26 Å². The first-order chi connectivity index (χ1) is 12.1. The van der Waals surface area contributed by atoms with E-state index in [-0.39, 0.29) is 23.9 Å². The zero-order valence-electron chi connectivity index (χ0n) is 13.9. The molecule has 25 heavy (non-hydrogen) atoms. The Kier molecular flexibility index (Phi) is 5.08. The maximum atomic E-state index is 11.9. The fourth-order valence-electron chi connectivity index (χ4n) is 2.23. The van der Waals surface area contributed by atoms with Crippen LogP contribution >= 0.6 is 11.3 Å². The molecule has 0 radical (unpaired) electrons. The molecule has 0 spiro atoms. The van der Waals surface area contributed by atoms with E-state index in [1.54, 1.807) is 12.3 Å². The minimum absolute atomic E-state index is 0.128. The van der Waals surface area contributed by atoms with Gasteiger partial charge in [0.25, 0.3) is 5.89 Å². The lowest BCUT2D eigenvalue weighted by Gasteiger charge is -2.03. The third-order valence-electron chi connectivity index (χ3n) is 3.71. The molecular formula is C17H17N3O4S. The third-order valence-corrected chi connectivity index (χ3v) is 4.59. The number of aryl methyl sites for hydroxylation is 2. The SMILES string of the molecule is CCc1ccc(-c2noc(COC(=O)Cn3c(C)csc3=O)n2)cc1. The number of hydrogen-bond acceptors (Lipinski definition) is 7. The van der Waals surface area contributed by atoms with Gasteiger partial charge in [-0.15, -0.1) is 0 Å². The maximum Gasteiger partial charge on any atom is 0.326 e. The average Bonchev–Trinajstić information content (AvgIpc) is 3.22. The molecule has 0 atom stereocenters. The van der Waals surface area contributed by atoms with Gasteiger partial charge in [-0.3, -0.25) is 14.2 Å². The predicted octanol–water partition coefficient (Wildman–Crippen LogP) is 2.57. The average molecular weight is 359 g/mol. The second kappa shape index (κ2) is 7.43. The van der Waals surface area contributed by atoms with E-state index in [1.165, 1.54) is 10.1 Å². The van der Waals surface area contributed by atoms with E-state index in [0.29, 0.717) is 5.82 Å². The second-order valence-electron chi connectivity index (χ2n) is 5.45. The normalized spacial score (nSPS) is 10.8. The van der Waals surface area contributed by atoms with E-state index in [2.05, 4.69) is 17.1 Å². The van der Waals surface area contributed by atoms with Crippen LogP contribution in [-0.4, -0.2) is 20.7 Å². The van der Waals surface area contributed by atoms with Gasteiger partial charge in [-0.2, -0.15) is 4.98 Å². The molecule has 0 unspecified atom stereocenters. The summed E-state index contributed by atoms with van der Waals surface area (Å²) in [5.74, 6) is 0.117. The largest absolute Gasteiger partial charge is 0.454 e. The first-order valence-corrected chi connectivity index (χ1v) is 8.67. The molecule has 3 rings (SSSR count). The summed E-state index contributed by atoms with van der Waals surface area (Å²) in [7, 11) is 0. The molecule has 0 saturated heterocycles. The fourth-order valence-corrected chi connectivity index (χ4v) is 2.97. The summed E-state index contributed by atoms with van der Waals surface area (Å²) in [6.07, 6.45) is 0.959. The quantitative estimate of drug-likeness (QED) is 0.629. The molecule has 0 aliphatic carbocycles. The minimum atomic E-state index is -0.532. The Bertz CT molecular complexity index is 924. The molecule has 2 aromatic heterocycles. The van der Waals surface area contributed by atoms with Crippen LogP contribution in [0.25, 0.3) is 11.4 Å². The molecule has 0 saturated carbocycles. The predicted molar refractivity (Wildman–Crippen MR) is 92.2 cm³/mol. The van der Waals surface area contributed by atoms with Gasteiger partial charge >= 0.3 is 10.8 Å². The topological polar surface area (TPSA) is 87.2 Å². The van der Waals surface area contributed by atoms with Crippen LogP contribution in [0, 0.1) is 6.92 Å². The molecule has 8 heteroatoms. The van der Waals surface area contributed by atoms with Crippen molar-refractivity contribution in [3.63, 3.8) is 0 Å². The second-order valence-corrected chi connectivity index (χ2v) is 6.27. The molecule has 3 aromatic rings. The lowest BCUT2D eigenvalue weighted by Crippen LogP contribution is -2.22. The highest BCUT2D eigenvalue weighted by molar-refractivity contribution is 7.07. The molecular weight excluding hydrogens is 342 g/mol. The van der Waals surface area contributed by atoms with Crippen molar-refractivity contribution in [2.24, 2.45) is 0 Å². The first-order valence-electron chi connectivity index (χ1n) is 7.79. The van der Waals surface area contributed by atoms with Crippen molar-refractivity contribution in [1.29, 1.82) is 0 Å². The van der Waals surface area contributed by atoms with Crippen LogP contribution in [0.4, 0.5) is 0 Å². The summed E-state index contributed by atoms with van der Waals surface area (Å²) in [4.78, 5) is 27.5. The van der Waals surface area contributed by atoms with E-state index >= 15 is 0 Å². The third kappa shape index (κ3) is 4.03. The van der Waals surface area contributed by atoms with Crippen LogP contribution in [-0.2, 0) is 29.1 Å². The van der Waals surface area contributed by atoms with Gasteiger partial charge in [-0.1, -0.05) is 47.7 Å². The minimum Gasteiger partial charge on any atom is -0.454 e. The lowest BCUT2D eigenvalue weighted by molar-refractivity contribution is -0.146. The van der Waals surface area contributed by atoms with Gasteiger partial charge in [0.15, 0.2) is 6.61 Å². The Morgan fingerprint density at radius 2 is 2.08 bits per heavy atom. The number of rotatable bonds is 6. The maximum absolute atomic E-state index is 11.9. The zero-order valence-corrected chi connectivity index (χ0v) is 14.7. The van der Waals surface area contributed by atoms with Crippen molar-refractivity contribution in [3.05, 3.63) is 56.5 Å². The van der Waals surface area contributed by atoms with Crippen molar-refractivity contribution in [2.45, 2.75) is 33.4 Å². The number of thiazole rings is 1. The number of ether oxygens (including phenoxy) is 1. The van der Waals surface area contributed by atoms with Crippen molar-refractivity contribution in [2.75, 3.05) is 0 Å². The highest BCUT2D eigenvalue weighted by Gasteiger charge is 2.13. The van der Waals surface area contributed by atoms with Crippen LogP contribution < -0.4 is 4.87 Å². The Morgan fingerprint density at radius 1 is 1.32 bits per heavy atom. The number of aromatic nitrogens is 3. The first kappa shape index (κ1) is 17.1. The smallest absolute Gasteiger partial charge is 0.326 e. The van der Waals surface area contributed by atoms with Crippen LogP contribution in [0.2, 0.25) is 0 Å². The van der Waals surface area contributed by atoms with Crippen molar-refractivity contribution < 1.29 is 14.1 Å². The van der Waals surface area contributed by atoms with Crippen molar-refractivity contribution in [1.82, 2.24) is 14.7 Å². The molecule has 0 fully saturated rings. The van der Waals surface area contributed by atoms with E-state index in [1.807, 2.05) is 24.3 Å². The monoisotopic (exact) mass is 359 g/mol. The summed E-state index contributed by atoms with van der Waals surface area (Å²) < 4.78 is 11.6. The number of nitrogens with zero attached hydrogens (tertiary/aromatic N) is 3. The van der Waals surface area contributed by atoms with Gasteiger partial charge in [0.1, 0.15) is 6.54 Å². The van der Waals surface area contributed by atoms with Crippen LogP contribution in [0.5, 0.6) is 0 Å². The van der Waals surface area contributed by atoms with Crippen molar-refractivity contribution >= 4 is 17.3 Å². The van der Waals surface area contributed by atoms with Crippen LogP contribution in [0.1, 0.15) is 24.1 Å². The molecule has 0 bridgehead atoms. The van der Waals surface area contributed by atoms with Gasteiger partial charge < -0.3 is 9.26 Å². The standard InChI is InChI=1S/C17H17N3O4S/c1-3-12-4-6-13(7-5-12)16-18-14(24-19-16)9-23-15(21)8-20-11(2)10-25-17(20)22/h4-7,10H,3,8-9H2,1-2H3. The van der Waals surface area contributed by atoms with Gasteiger partial charge in [-0.05, 0) is 18.9 Å². The fraction of sp³-hybridized carbons (Fsp3) is 0.294. The summed E-state index contributed by atoms with van der Waals surface area (Å²) in [5, 5.41) is 5.59. The Balaban J connectivity index is 1.59. The van der Waals surface area contributed by atoms with E-state index < -0.39 is 5.97 Å². The number of hydrogen-bond donors (Lipinski definition) is 0. The zero-order chi connectivity index (χ0) is 17.8. The van der Waals surface area contributed by atoms with Crippen LogP contribution in [0.15, 0.2) is 39.0 Å². The summed E-state index contributed by atoms with van der Waals surface area (Å²) in [6, 6.07) is 7.86. The highest BCUT2D eigenvalue weighted by Crippen LogP contribution is 2.17. The molecule has 2 heterocycles. The number of carbonyl (C=O) groups excluding carboxylic acids is 1. The molecule has 7 nitrogen and oxygen atoms in total. The summed E-state index contributed by atoms with van der Waals surface area (Å²) in [5.41, 5.74) is 2.78. The summed E-state index contributed by atoms with van der Waals surface area (Å²) >= 11 is 1.05. The Hall–Kier alpha value is -2.74. The van der Waals surface area contributed by atoms with Crippen LogP contribution in [0.3, 0.4) is 0 Å². The number of benzene rings is 1. The molecule has 0 amide bonds. The van der Waals surface area contributed by atoms with Gasteiger partial charge in [0.2, 0.25) is 5.82 Å². The van der Waals surface area contributed by atoms with Gasteiger partial charge in [0, 0.05) is 16.6 Å². The Morgan fingerprint density at radius 3 is 2.72 bits per heavy atom. The highest BCUT2D eigenvalue weighted by atomic mass is 32.1. The molecule has 0 N–H and O–H groups in total. The molecule has 130 valence electrons. The number of esters is 1. The van der Waals surface area contributed by atoms with E-state index in [9.17, 15) is 9.59 Å². The lowest BCUT2D eigenvalue weighted by atomic mass is 10.1. The number of carbonyl (C=O) groups is 1. The van der Waals surface area contributed by atoms with Crippen molar-refractivity contribution in [3.8, 4) is 11.4 Å². The van der Waals surface area contributed by atoms with E-state index in [0.717, 1.165) is 29.0 Å².